The molecule has 0 aromatic heterocycles. The van der Waals surface area contributed by atoms with Crippen LogP contribution in [0.3, 0.4) is 0 Å². The topological polar surface area (TPSA) is 83.0 Å². The number of nitrogens with zero attached hydrogens (tertiary/aromatic N) is 2. The van der Waals surface area contributed by atoms with Crippen molar-refractivity contribution in [2.75, 3.05) is 39.5 Å². The maximum absolute atomic E-state index is 11.7. The van der Waals surface area contributed by atoms with Crippen molar-refractivity contribution < 1.29 is 13.2 Å². The number of benzene rings is 1. The van der Waals surface area contributed by atoms with E-state index in [-0.39, 0.29) is 5.75 Å². The number of guanidine groups is 1. The molecule has 2 rings (SSSR count). The summed E-state index contributed by atoms with van der Waals surface area (Å²) in [7, 11) is 0.291. The fourth-order valence-corrected chi connectivity index (χ4v) is 3.96. The monoisotopic (exact) mass is 340 g/mol. The molecule has 1 heterocycles. The molecule has 8 heteroatoms. The Labute approximate surface area is 137 Å². The third kappa shape index (κ3) is 5.11. The Kier molecular flexibility index (Phi) is 6.23. The van der Waals surface area contributed by atoms with Gasteiger partial charge < -0.3 is 15.4 Å². The molecule has 0 radical (unpaired) electrons. The molecule has 7 nitrogen and oxygen atoms in total. The largest absolute Gasteiger partial charge is 0.497 e. The molecule has 0 bridgehead atoms. The second-order valence-corrected chi connectivity index (χ2v) is 7.36. The number of ether oxygens (including phenoxy) is 1. The highest BCUT2D eigenvalue weighted by molar-refractivity contribution is 7.89. The van der Waals surface area contributed by atoms with Crippen LogP contribution in [0.5, 0.6) is 5.75 Å². The number of methoxy groups -OCH3 is 1. The molecule has 0 atom stereocenters. The van der Waals surface area contributed by atoms with Crippen LogP contribution in [0.4, 0.5) is 0 Å². The second kappa shape index (κ2) is 8.16. The fourth-order valence-electron chi connectivity index (χ4n) is 2.43. The van der Waals surface area contributed by atoms with Crippen molar-refractivity contribution >= 4 is 16.0 Å². The molecule has 128 valence electrons. The lowest BCUT2D eigenvalue weighted by Gasteiger charge is -2.16. The summed E-state index contributed by atoms with van der Waals surface area (Å²) in [5.74, 6) is 1.71. The van der Waals surface area contributed by atoms with Crippen molar-refractivity contribution in [3.63, 3.8) is 0 Å². The van der Waals surface area contributed by atoms with Crippen LogP contribution in [0.25, 0.3) is 0 Å². The van der Waals surface area contributed by atoms with Gasteiger partial charge in [0.15, 0.2) is 5.96 Å². The molecule has 0 amide bonds. The lowest BCUT2D eigenvalue weighted by atomic mass is 10.2. The molecular weight excluding hydrogens is 316 g/mol. The predicted octanol–water partition coefficient (Wildman–Crippen LogP) is 0.396. The maximum Gasteiger partial charge on any atom is 0.214 e. The molecule has 1 aromatic carbocycles. The fraction of sp³-hybridized carbons (Fsp3) is 0.533. The highest BCUT2D eigenvalue weighted by atomic mass is 32.2. The van der Waals surface area contributed by atoms with Gasteiger partial charge in [-0.3, -0.25) is 4.99 Å². The van der Waals surface area contributed by atoms with E-state index in [1.165, 1.54) is 4.31 Å². The van der Waals surface area contributed by atoms with Gasteiger partial charge in [0, 0.05) is 33.2 Å². The Morgan fingerprint density at radius 2 is 2.22 bits per heavy atom. The summed E-state index contributed by atoms with van der Waals surface area (Å²) in [5, 5.41) is 6.33. The van der Waals surface area contributed by atoms with Crippen LogP contribution in [-0.2, 0) is 16.6 Å². The quantitative estimate of drug-likeness (QED) is 0.578. The van der Waals surface area contributed by atoms with E-state index >= 15 is 0 Å². The first-order valence-electron chi connectivity index (χ1n) is 7.60. The maximum atomic E-state index is 11.7. The zero-order chi connectivity index (χ0) is 16.7. The van der Waals surface area contributed by atoms with Crippen LogP contribution >= 0.6 is 0 Å². The number of rotatable bonds is 6. The molecule has 1 aliphatic rings. The molecule has 0 aliphatic carbocycles. The predicted molar refractivity (Wildman–Crippen MR) is 91.2 cm³/mol. The highest BCUT2D eigenvalue weighted by Gasteiger charge is 2.27. The molecule has 0 spiro atoms. The normalized spacial score (nSPS) is 17.9. The summed E-state index contributed by atoms with van der Waals surface area (Å²) in [5.41, 5.74) is 1.08. The van der Waals surface area contributed by atoms with Gasteiger partial charge in [0.25, 0.3) is 0 Å². The number of hydrogen-bond donors (Lipinski definition) is 2. The van der Waals surface area contributed by atoms with Crippen molar-refractivity contribution in [3.8, 4) is 5.75 Å². The molecule has 0 saturated carbocycles. The summed E-state index contributed by atoms with van der Waals surface area (Å²) in [6.07, 6.45) is 0.713. The average Bonchev–Trinajstić information content (AvgIpc) is 2.89. The van der Waals surface area contributed by atoms with Gasteiger partial charge in [0.05, 0.1) is 12.9 Å². The Bertz CT molecular complexity index is 646. The Morgan fingerprint density at radius 3 is 2.87 bits per heavy atom. The van der Waals surface area contributed by atoms with Crippen molar-refractivity contribution in [2.45, 2.75) is 13.0 Å². The first kappa shape index (κ1) is 17.6. The van der Waals surface area contributed by atoms with Gasteiger partial charge in [-0.1, -0.05) is 12.1 Å². The third-order valence-corrected chi connectivity index (χ3v) is 5.63. The second-order valence-electron chi connectivity index (χ2n) is 5.27. The first-order chi connectivity index (χ1) is 11.0. The molecule has 0 unspecified atom stereocenters. The van der Waals surface area contributed by atoms with Crippen LogP contribution in [0.2, 0.25) is 0 Å². The van der Waals surface area contributed by atoms with Gasteiger partial charge >= 0.3 is 0 Å². The Balaban J connectivity index is 1.77. The van der Waals surface area contributed by atoms with E-state index in [1.54, 1.807) is 14.2 Å². The Morgan fingerprint density at radius 1 is 1.39 bits per heavy atom. The lowest BCUT2D eigenvalue weighted by Crippen LogP contribution is -2.41. The smallest absolute Gasteiger partial charge is 0.214 e. The molecular formula is C15H24N4O3S. The van der Waals surface area contributed by atoms with Crippen molar-refractivity contribution in [1.29, 1.82) is 0 Å². The minimum absolute atomic E-state index is 0.260. The van der Waals surface area contributed by atoms with Crippen LogP contribution in [0.1, 0.15) is 12.0 Å². The van der Waals surface area contributed by atoms with Crippen molar-refractivity contribution in [3.05, 3.63) is 29.8 Å². The van der Waals surface area contributed by atoms with E-state index in [9.17, 15) is 8.42 Å². The van der Waals surface area contributed by atoms with Gasteiger partial charge in [0.1, 0.15) is 5.75 Å². The molecule has 23 heavy (non-hydrogen) atoms. The minimum atomic E-state index is -3.04. The molecule has 2 N–H and O–H groups in total. The van der Waals surface area contributed by atoms with Gasteiger partial charge in [-0.2, -0.15) is 0 Å². The van der Waals surface area contributed by atoms with Crippen LogP contribution in [-0.4, -0.2) is 58.2 Å². The number of sulfonamides is 1. The third-order valence-electron chi connectivity index (χ3n) is 3.67. The summed E-state index contributed by atoms with van der Waals surface area (Å²) < 4.78 is 30.2. The standard InChI is InChI=1S/C15H24N4O3S/c1-16-15(17-7-9-19-8-4-10-23(19,20)21)18-12-13-5-3-6-14(11-13)22-2/h3,5-6,11H,4,7-10,12H2,1-2H3,(H2,16,17,18). The van der Waals surface area contributed by atoms with Crippen molar-refractivity contribution in [1.82, 2.24) is 14.9 Å². The van der Waals surface area contributed by atoms with E-state index in [1.807, 2.05) is 24.3 Å². The zero-order valence-electron chi connectivity index (χ0n) is 13.6. The van der Waals surface area contributed by atoms with Gasteiger partial charge in [-0.25, -0.2) is 12.7 Å². The lowest BCUT2D eigenvalue weighted by molar-refractivity contribution is 0.414. The van der Waals surface area contributed by atoms with E-state index < -0.39 is 10.0 Å². The van der Waals surface area contributed by atoms with Crippen LogP contribution in [0.15, 0.2) is 29.3 Å². The van der Waals surface area contributed by atoms with Crippen molar-refractivity contribution in [2.24, 2.45) is 4.99 Å². The first-order valence-corrected chi connectivity index (χ1v) is 9.21. The van der Waals surface area contributed by atoms with E-state index in [4.69, 9.17) is 4.74 Å². The Hall–Kier alpha value is -1.80. The molecule has 1 fully saturated rings. The van der Waals surface area contributed by atoms with Crippen LogP contribution < -0.4 is 15.4 Å². The van der Waals surface area contributed by atoms with E-state index in [0.29, 0.717) is 38.6 Å². The number of hydrogen-bond acceptors (Lipinski definition) is 4. The summed E-state index contributed by atoms with van der Waals surface area (Å²) in [6.45, 7) is 2.21. The average molecular weight is 340 g/mol. The summed E-state index contributed by atoms with van der Waals surface area (Å²) >= 11 is 0. The number of nitrogens with one attached hydrogen (secondary N) is 2. The molecule has 1 saturated heterocycles. The van der Waals surface area contributed by atoms with E-state index in [0.717, 1.165) is 11.3 Å². The van der Waals surface area contributed by atoms with Gasteiger partial charge in [-0.05, 0) is 24.1 Å². The number of aliphatic imine (C=N–C) groups is 1. The zero-order valence-corrected chi connectivity index (χ0v) is 14.4. The summed E-state index contributed by atoms with van der Waals surface area (Å²) in [6, 6.07) is 7.79. The highest BCUT2D eigenvalue weighted by Crippen LogP contribution is 2.12. The molecule has 1 aromatic rings. The van der Waals surface area contributed by atoms with Gasteiger partial charge in [0.2, 0.25) is 10.0 Å². The van der Waals surface area contributed by atoms with Crippen LogP contribution in [0, 0.1) is 0 Å². The summed E-state index contributed by atoms with van der Waals surface area (Å²) in [4.78, 5) is 4.14. The SMILES string of the molecule is CN=C(NCCN1CCCS1(=O)=O)NCc1cccc(OC)c1. The molecule has 1 aliphatic heterocycles. The minimum Gasteiger partial charge on any atom is -0.497 e. The van der Waals surface area contributed by atoms with E-state index in [2.05, 4.69) is 15.6 Å². The van der Waals surface area contributed by atoms with Gasteiger partial charge in [-0.15, -0.1) is 0 Å².